The summed E-state index contributed by atoms with van der Waals surface area (Å²) in [4.78, 5) is 15.9. The van der Waals surface area contributed by atoms with Crippen LogP contribution in [0.2, 0.25) is 5.15 Å². The highest BCUT2D eigenvalue weighted by Gasteiger charge is 2.10. The molecule has 2 rings (SSSR count). The van der Waals surface area contributed by atoms with Gasteiger partial charge in [0.15, 0.2) is 0 Å². The fourth-order valence-electron chi connectivity index (χ4n) is 1.31. The van der Waals surface area contributed by atoms with Gasteiger partial charge in [-0.2, -0.15) is 0 Å². The van der Waals surface area contributed by atoms with Gasteiger partial charge in [-0.1, -0.05) is 11.6 Å². The van der Waals surface area contributed by atoms with E-state index in [0.717, 1.165) is 10.4 Å². The first-order valence-corrected chi connectivity index (χ1v) is 5.78. The van der Waals surface area contributed by atoms with Gasteiger partial charge in [-0.3, -0.25) is 0 Å². The molecule has 0 amide bonds. The zero-order valence-corrected chi connectivity index (χ0v) is 9.97. The molecule has 1 N–H and O–H groups in total. The van der Waals surface area contributed by atoms with Crippen LogP contribution in [0.4, 0.5) is 0 Å². The van der Waals surface area contributed by atoms with E-state index in [1.165, 1.54) is 23.5 Å². The lowest BCUT2D eigenvalue weighted by Gasteiger charge is -2.00. The number of aromatic nitrogens is 1. The van der Waals surface area contributed by atoms with Gasteiger partial charge in [0, 0.05) is 0 Å². The number of pyridine rings is 1. The minimum atomic E-state index is -1.00. The SMILES string of the molecule is Cc1csc(-c2cc(C(=O)O)cc(Cl)n2)c1. The summed E-state index contributed by atoms with van der Waals surface area (Å²) in [7, 11) is 0. The molecule has 0 atom stereocenters. The van der Waals surface area contributed by atoms with Crippen LogP contribution in [0.15, 0.2) is 23.6 Å². The van der Waals surface area contributed by atoms with E-state index in [1.54, 1.807) is 0 Å². The predicted molar refractivity (Wildman–Crippen MR) is 64.3 cm³/mol. The first-order valence-electron chi connectivity index (χ1n) is 4.52. The molecule has 5 heteroatoms. The molecule has 0 saturated carbocycles. The summed E-state index contributed by atoms with van der Waals surface area (Å²) in [6.07, 6.45) is 0. The number of hydrogen-bond acceptors (Lipinski definition) is 3. The number of aryl methyl sites for hydroxylation is 1. The lowest BCUT2D eigenvalue weighted by atomic mass is 10.2. The maximum Gasteiger partial charge on any atom is 0.335 e. The van der Waals surface area contributed by atoms with Crippen molar-refractivity contribution < 1.29 is 9.90 Å². The Morgan fingerprint density at radius 1 is 1.44 bits per heavy atom. The molecule has 0 aromatic carbocycles. The quantitative estimate of drug-likeness (QED) is 0.834. The van der Waals surface area contributed by atoms with E-state index in [1.807, 2.05) is 18.4 Å². The molecule has 0 aliphatic heterocycles. The third-order valence-electron chi connectivity index (χ3n) is 2.02. The average Bonchev–Trinajstić information content (AvgIpc) is 2.64. The van der Waals surface area contributed by atoms with Crippen LogP contribution in [0.25, 0.3) is 10.6 Å². The van der Waals surface area contributed by atoms with Gasteiger partial charge >= 0.3 is 5.97 Å². The fourth-order valence-corrected chi connectivity index (χ4v) is 2.38. The predicted octanol–water partition coefficient (Wildman–Crippen LogP) is 3.47. The smallest absolute Gasteiger partial charge is 0.335 e. The first kappa shape index (κ1) is 11.1. The molecule has 0 unspecified atom stereocenters. The number of nitrogens with zero attached hydrogens (tertiary/aromatic N) is 1. The van der Waals surface area contributed by atoms with E-state index in [4.69, 9.17) is 16.7 Å². The van der Waals surface area contributed by atoms with Crippen molar-refractivity contribution in [3.63, 3.8) is 0 Å². The van der Waals surface area contributed by atoms with E-state index < -0.39 is 5.97 Å². The number of carboxylic acids is 1. The molecule has 0 bridgehead atoms. The summed E-state index contributed by atoms with van der Waals surface area (Å²) in [5, 5.41) is 11.1. The Kier molecular flexibility index (Phi) is 2.94. The minimum Gasteiger partial charge on any atom is -0.478 e. The minimum absolute atomic E-state index is 0.154. The molecular weight excluding hydrogens is 246 g/mol. The van der Waals surface area contributed by atoms with Gasteiger partial charge in [0.25, 0.3) is 0 Å². The van der Waals surface area contributed by atoms with Crippen molar-refractivity contribution in [2.75, 3.05) is 0 Å². The van der Waals surface area contributed by atoms with Crippen molar-refractivity contribution in [1.82, 2.24) is 4.98 Å². The largest absolute Gasteiger partial charge is 0.478 e. The van der Waals surface area contributed by atoms with Crippen molar-refractivity contribution in [2.24, 2.45) is 0 Å². The normalized spacial score (nSPS) is 10.4. The number of carbonyl (C=O) groups is 1. The molecule has 0 fully saturated rings. The molecule has 0 aliphatic carbocycles. The Morgan fingerprint density at radius 2 is 2.19 bits per heavy atom. The Hall–Kier alpha value is -1.39. The number of halogens is 1. The van der Waals surface area contributed by atoms with Crippen LogP contribution >= 0.6 is 22.9 Å². The lowest BCUT2D eigenvalue weighted by molar-refractivity contribution is 0.0697. The molecule has 0 radical (unpaired) electrons. The van der Waals surface area contributed by atoms with Crippen molar-refractivity contribution in [3.8, 4) is 10.6 Å². The van der Waals surface area contributed by atoms with Gasteiger partial charge in [0.2, 0.25) is 0 Å². The van der Waals surface area contributed by atoms with E-state index in [0.29, 0.717) is 5.69 Å². The van der Waals surface area contributed by atoms with E-state index >= 15 is 0 Å². The summed E-state index contributed by atoms with van der Waals surface area (Å²) in [6.45, 7) is 1.97. The summed E-state index contributed by atoms with van der Waals surface area (Å²) in [6, 6.07) is 4.82. The second-order valence-electron chi connectivity index (χ2n) is 3.36. The molecule has 16 heavy (non-hydrogen) atoms. The summed E-state index contributed by atoms with van der Waals surface area (Å²) >= 11 is 7.30. The zero-order chi connectivity index (χ0) is 11.7. The molecule has 0 aliphatic rings. The van der Waals surface area contributed by atoms with Gasteiger partial charge in [0.1, 0.15) is 5.15 Å². The second-order valence-corrected chi connectivity index (χ2v) is 4.66. The van der Waals surface area contributed by atoms with Crippen molar-refractivity contribution in [1.29, 1.82) is 0 Å². The van der Waals surface area contributed by atoms with Gasteiger partial charge in [-0.05, 0) is 36.1 Å². The molecule has 2 aromatic rings. The highest BCUT2D eigenvalue weighted by atomic mass is 35.5. The lowest BCUT2D eigenvalue weighted by Crippen LogP contribution is -1.97. The Bertz CT molecular complexity index is 551. The van der Waals surface area contributed by atoms with E-state index in [-0.39, 0.29) is 10.7 Å². The van der Waals surface area contributed by atoms with Gasteiger partial charge in [0.05, 0.1) is 16.1 Å². The van der Waals surface area contributed by atoms with Crippen LogP contribution in [0, 0.1) is 6.92 Å². The van der Waals surface area contributed by atoms with Gasteiger partial charge in [-0.25, -0.2) is 9.78 Å². The standard InChI is InChI=1S/C11H8ClNO2S/c1-6-2-9(16-5-6)8-3-7(11(14)15)4-10(12)13-8/h2-5H,1H3,(H,14,15). The number of hydrogen-bond donors (Lipinski definition) is 1. The fraction of sp³-hybridized carbons (Fsp3) is 0.0909. The highest BCUT2D eigenvalue weighted by Crippen LogP contribution is 2.27. The van der Waals surface area contributed by atoms with Crippen LogP contribution in [0.5, 0.6) is 0 Å². The number of aromatic carboxylic acids is 1. The Balaban J connectivity index is 2.53. The molecular formula is C11H8ClNO2S. The van der Waals surface area contributed by atoms with E-state index in [2.05, 4.69) is 4.98 Å². The maximum absolute atomic E-state index is 10.9. The molecule has 0 spiro atoms. The van der Waals surface area contributed by atoms with Crippen LogP contribution in [0.1, 0.15) is 15.9 Å². The van der Waals surface area contributed by atoms with Crippen LogP contribution in [0.3, 0.4) is 0 Å². The molecule has 82 valence electrons. The maximum atomic E-state index is 10.9. The molecule has 2 heterocycles. The third-order valence-corrected chi connectivity index (χ3v) is 3.29. The summed E-state index contributed by atoms with van der Waals surface area (Å²) < 4.78 is 0. The summed E-state index contributed by atoms with van der Waals surface area (Å²) in [5.41, 5.74) is 1.88. The summed E-state index contributed by atoms with van der Waals surface area (Å²) in [5.74, 6) is -1.00. The number of rotatable bonds is 2. The van der Waals surface area contributed by atoms with E-state index in [9.17, 15) is 4.79 Å². The van der Waals surface area contributed by atoms with Gasteiger partial charge < -0.3 is 5.11 Å². The van der Waals surface area contributed by atoms with Crippen molar-refractivity contribution in [3.05, 3.63) is 39.9 Å². The molecule has 3 nitrogen and oxygen atoms in total. The number of carboxylic acid groups (broad SMARTS) is 1. The molecule has 0 saturated heterocycles. The van der Waals surface area contributed by atoms with Crippen molar-refractivity contribution in [2.45, 2.75) is 6.92 Å². The zero-order valence-electron chi connectivity index (χ0n) is 8.40. The Labute approximate surface area is 101 Å². The number of thiophene rings is 1. The second kappa shape index (κ2) is 4.23. The Morgan fingerprint density at radius 3 is 2.75 bits per heavy atom. The third kappa shape index (κ3) is 2.23. The first-order chi connectivity index (χ1) is 7.56. The highest BCUT2D eigenvalue weighted by molar-refractivity contribution is 7.13. The van der Waals surface area contributed by atoms with Crippen LogP contribution in [-0.2, 0) is 0 Å². The van der Waals surface area contributed by atoms with Crippen molar-refractivity contribution >= 4 is 28.9 Å². The monoisotopic (exact) mass is 253 g/mol. The average molecular weight is 254 g/mol. The van der Waals surface area contributed by atoms with Crippen LogP contribution < -0.4 is 0 Å². The topological polar surface area (TPSA) is 50.2 Å². The van der Waals surface area contributed by atoms with Crippen LogP contribution in [-0.4, -0.2) is 16.1 Å². The van der Waals surface area contributed by atoms with Gasteiger partial charge in [-0.15, -0.1) is 11.3 Å². The molecule has 2 aromatic heterocycles.